The second-order valence-corrected chi connectivity index (χ2v) is 13.0. The van der Waals surface area contributed by atoms with Crippen molar-refractivity contribution in [2.75, 3.05) is 18.0 Å². The fourth-order valence-electron chi connectivity index (χ4n) is 4.24. The number of hydrogen-bond donors (Lipinski definition) is 1. The third kappa shape index (κ3) is 7.74. The zero-order valence-electron chi connectivity index (χ0n) is 24.0. The van der Waals surface area contributed by atoms with Crippen LogP contribution < -0.4 is 15.7 Å². The molecule has 0 radical (unpaired) electrons. The number of anilines is 1. The van der Waals surface area contributed by atoms with Gasteiger partial charge in [0.05, 0.1) is 40.7 Å². The molecule has 41 heavy (non-hydrogen) atoms. The first kappa shape index (κ1) is 31.1. The van der Waals surface area contributed by atoms with Gasteiger partial charge in [0, 0.05) is 28.7 Å². The molecule has 1 atom stereocenters. The quantitative estimate of drug-likeness (QED) is 0.362. The molecule has 1 aromatic heterocycles. The second-order valence-electron chi connectivity index (χ2n) is 11.0. The molecule has 2 aromatic carbocycles. The molecular weight excluding hydrogens is 612 g/mol. The maximum absolute atomic E-state index is 14.7. The van der Waals surface area contributed by atoms with Crippen LogP contribution in [0.3, 0.4) is 0 Å². The second kappa shape index (κ2) is 12.6. The predicted octanol–water partition coefficient (Wildman–Crippen LogP) is 5.39. The largest absolute Gasteiger partial charge is 0.497 e. The van der Waals surface area contributed by atoms with E-state index in [9.17, 15) is 14.0 Å². The van der Waals surface area contributed by atoms with E-state index in [1.54, 1.807) is 23.5 Å². The molecule has 0 saturated carbocycles. The third-order valence-electron chi connectivity index (χ3n) is 7.22. The first-order valence-electron chi connectivity index (χ1n) is 13.3. The smallest absolute Gasteiger partial charge is 0.442 e. The topological polar surface area (TPSA) is 90.0 Å². The number of benzene rings is 2. The van der Waals surface area contributed by atoms with Gasteiger partial charge in [-0.1, -0.05) is 34.1 Å². The number of carbonyl (C=O) groups excluding carboxylic acids is 2. The molecule has 2 fully saturated rings. The number of rotatable bonds is 6. The van der Waals surface area contributed by atoms with Crippen molar-refractivity contribution in [1.29, 1.82) is 0 Å². The molecule has 1 N–H and O–H groups in total. The van der Waals surface area contributed by atoms with Crippen LogP contribution in [-0.2, 0) is 25.3 Å². The maximum atomic E-state index is 14.7. The average molecular weight is 646 g/mol. The summed E-state index contributed by atoms with van der Waals surface area (Å²) in [4.78, 5) is 28.8. The van der Waals surface area contributed by atoms with Crippen LogP contribution in [0.1, 0.15) is 50.9 Å². The van der Waals surface area contributed by atoms with Gasteiger partial charge in [0.15, 0.2) is 0 Å². The van der Waals surface area contributed by atoms with Gasteiger partial charge in [-0.05, 0) is 64.4 Å². The highest BCUT2D eigenvalue weighted by molar-refractivity contribution is 9.10. The first-order chi connectivity index (χ1) is 19.2. The SMILES string of the molecule is CC(=O)NC[C@H]1CN(c2ccc(B3OC(C)(C)C(C)(C)O3)c(F)c2)C(=O)O1.Cc1nc(Cc2ccc(Br)cc2)cs1. The van der Waals surface area contributed by atoms with Crippen molar-refractivity contribution >= 4 is 57.5 Å². The normalized spacial score (nSPS) is 19.0. The van der Waals surface area contributed by atoms with Gasteiger partial charge in [0.1, 0.15) is 11.9 Å². The molecule has 0 aliphatic carbocycles. The summed E-state index contributed by atoms with van der Waals surface area (Å²) in [7, 11) is -0.818. The standard InChI is InChI=1S/C18H24BFN2O5.C11H10BrNS/c1-11(23)21-9-13-10-22(16(24)25-13)12-6-7-14(15(20)8-12)19-26-17(2,3)18(4,5)27-19;1-8-13-11(7-14-8)6-9-2-4-10(12)5-3-9/h6-8,13H,9-10H2,1-5H3,(H,21,23);2-5,7H,6H2,1H3/t13-;/m0./s1. The number of carbonyl (C=O) groups is 2. The van der Waals surface area contributed by atoms with Gasteiger partial charge in [0.25, 0.3) is 0 Å². The Hall–Kier alpha value is -2.80. The number of ether oxygens (including phenoxy) is 1. The van der Waals surface area contributed by atoms with E-state index >= 15 is 0 Å². The number of amides is 2. The van der Waals surface area contributed by atoms with Gasteiger partial charge in [-0.25, -0.2) is 14.2 Å². The van der Waals surface area contributed by atoms with E-state index < -0.39 is 36.3 Å². The summed E-state index contributed by atoms with van der Waals surface area (Å²) in [6.45, 7) is 11.5. The Morgan fingerprint density at radius 1 is 1.17 bits per heavy atom. The lowest BCUT2D eigenvalue weighted by Crippen LogP contribution is -2.41. The Bertz CT molecular complexity index is 1390. The van der Waals surface area contributed by atoms with Gasteiger partial charge in [-0.15, -0.1) is 11.3 Å². The lowest BCUT2D eigenvalue weighted by molar-refractivity contribution is -0.119. The van der Waals surface area contributed by atoms with Crippen molar-refractivity contribution in [3.8, 4) is 0 Å². The Morgan fingerprint density at radius 3 is 2.39 bits per heavy atom. The van der Waals surface area contributed by atoms with E-state index in [2.05, 4.69) is 55.9 Å². The lowest BCUT2D eigenvalue weighted by Gasteiger charge is -2.32. The van der Waals surface area contributed by atoms with Gasteiger partial charge in [-0.3, -0.25) is 9.69 Å². The fourth-order valence-corrected chi connectivity index (χ4v) is 5.12. The number of aryl methyl sites for hydroxylation is 1. The summed E-state index contributed by atoms with van der Waals surface area (Å²) in [6.07, 6.45) is -0.127. The van der Waals surface area contributed by atoms with E-state index in [-0.39, 0.29) is 24.5 Å². The molecule has 12 heteroatoms. The number of hydrogen-bond acceptors (Lipinski definition) is 7. The third-order valence-corrected chi connectivity index (χ3v) is 8.57. The fraction of sp³-hybridized carbons (Fsp3) is 0.414. The summed E-state index contributed by atoms with van der Waals surface area (Å²) in [5.41, 5.74) is 1.98. The lowest BCUT2D eigenvalue weighted by atomic mass is 9.78. The summed E-state index contributed by atoms with van der Waals surface area (Å²) >= 11 is 5.13. The van der Waals surface area contributed by atoms with Crippen molar-refractivity contribution in [1.82, 2.24) is 10.3 Å². The van der Waals surface area contributed by atoms with Crippen molar-refractivity contribution in [2.24, 2.45) is 0 Å². The summed E-state index contributed by atoms with van der Waals surface area (Å²) in [5, 5.41) is 5.86. The Balaban J connectivity index is 0.000000231. The minimum atomic E-state index is -0.818. The molecule has 8 nitrogen and oxygen atoms in total. The van der Waals surface area contributed by atoms with E-state index in [4.69, 9.17) is 14.0 Å². The highest BCUT2D eigenvalue weighted by atomic mass is 79.9. The molecule has 3 heterocycles. The maximum Gasteiger partial charge on any atom is 0.497 e. The molecule has 218 valence electrons. The Labute approximate surface area is 252 Å². The van der Waals surface area contributed by atoms with Gasteiger partial charge in [0.2, 0.25) is 5.91 Å². The predicted molar refractivity (Wildman–Crippen MR) is 162 cm³/mol. The van der Waals surface area contributed by atoms with Crippen LogP contribution in [0.4, 0.5) is 14.9 Å². The van der Waals surface area contributed by atoms with E-state index in [0.717, 1.165) is 21.6 Å². The number of cyclic esters (lactones) is 1. The molecule has 2 amide bonds. The van der Waals surface area contributed by atoms with Gasteiger partial charge < -0.3 is 19.4 Å². The molecule has 5 rings (SSSR count). The van der Waals surface area contributed by atoms with E-state index in [1.807, 2.05) is 34.6 Å². The average Bonchev–Trinajstić information content (AvgIpc) is 3.53. The van der Waals surface area contributed by atoms with Crippen LogP contribution in [0.2, 0.25) is 0 Å². The molecule has 2 aliphatic heterocycles. The van der Waals surface area contributed by atoms with Crippen LogP contribution in [0.25, 0.3) is 0 Å². The molecule has 2 saturated heterocycles. The molecular formula is C29H34BBrFN3O5S. The highest BCUT2D eigenvalue weighted by Gasteiger charge is 2.52. The number of halogens is 2. The van der Waals surface area contributed by atoms with Crippen LogP contribution >= 0.6 is 27.3 Å². The van der Waals surface area contributed by atoms with Gasteiger partial charge >= 0.3 is 13.2 Å². The summed E-state index contributed by atoms with van der Waals surface area (Å²) in [6, 6.07) is 12.8. The van der Waals surface area contributed by atoms with Crippen molar-refractivity contribution < 1.29 is 28.0 Å². The van der Waals surface area contributed by atoms with Crippen LogP contribution in [0.5, 0.6) is 0 Å². The number of thiazole rings is 1. The van der Waals surface area contributed by atoms with Crippen molar-refractivity contribution in [3.63, 3.8) is 0 Å². The van der Waals surface area contributed by atoms with Crippen LogP contribution in [0.15, 0.2) is 52.3 Å². The Kier molecular flexibility index (Phi) is 9.57. The summed E-state index contributed by atoms with van der Waals surface area (Å²) < 4.78 is 32.8. The van der Waals surface area contributed by atoms with E-state index in [0.29, 0.717) is 5.69 Å². The zero-order valence-corrected chi connectivity index (χ0v) is 26.4. The van der Waals surface area contributed by atoms with Gasteiger partial charge in [-0.2, -0.15) is 0 Å². The molecule has 2 aliphatic rings. The zero-order chi connectivity index (χ0) is 29.9. The van der Waals surface area contributed by atoms with Crippen molar-refractivity contribution in [3.05, 3.63) is 74.4 Å². The molecule has 0 unspecified atom stereocenters. The Morgan fingerprint density at radius 2 is 1.83 bits per heavy atom. The first-order valence-corrected chi connectivity index (χ1v) is 14.9. The minimum Gasteiger partial charge on any atom is -0.442 e. The summed E-state index contributed by atoms with van der Waals surface area (Å²) in [5.74, 6) is -0.730. The van der Waals surface area contributed by atoms with Crippen LogP contribution in [-0.4, -0.2) is 54.5 Å². The van der Waals surface area contributed by atoms with E-state index in [1.165, 1.54) is 23.5 Å². The monoisotopic (exact) mass is 645 g/mol. The highest BCUT2D eigenvalue weighted by Crippen LogP contribution is 2.37. The molecule has 3 aromatic rings. The number of nitrogens with one attached hydrogen (secondary N) is 1. The molecule has 0 spiro atoms. The minimum absolute atomic E-state index is 0.206. The number of nitrogens with zero attached hydrogens (tertiary/aromatic N) is 2. The number of aromatic nitrogens is 1. The van der Waals surface area contributed by atoms with Crippen molar-refractivity contribution in [2.45, 2.75) is 65.3 Å². The molecule has 0 bridgehead atoms. The van der Waals surface area contributed by atoms with Crippen LogP contribution in [0, 0.1) is 12.7 Å².